The van der Waals surface area contributed by atoms with Crippen molar-refractivity contribution < 1.29 is 29.0 Å². The maximum absolute atomic E-state index is 14.5. The molecule has 4 amide bonds. The van der Waals surface area contributed by atoms with Crippen LogP contribution in [0.1, 0.15) is 23.2 Å². The quantitative estimate of drug-likeness (QED) is 0.139. The van der Waals surface area contributed by atoms with Crippen molar-refractivity contribution in [2.75, 3.05) is 9.80 Å². The standard InChI is InChI=1S/C34H22Br2N6O8/c35-19-5-1-17(2-6-19)27-25-29(33(45)37(31(25)43)21-9-13-23(14-10-21)41(47)48)40-28(18-3-7-20(36)8-4-18)26-30(39(27)40)34(46)38(32(26)44)22-11-15-24(16-12-22)42(49)50/h1-16,25-30H. The van der Waals surface area contributed by atoms with Crippen molar-refractivity contribution in [2.45, 2.75) is 24.2 Å². The number of hydrazine groups is 1. The Hall–Kier alpha value is -5.16. The van der Waals surface area contributed by atoms with Gasteiger partial charge in [-0.3, -0.25) is 39.4 Å². The maximum atomic E-state index is 14.5. The molecule has 4 aliphatic rings. The second-order valence-electron chi connectivity index (χ2n) is 12.3. The number of anilines is 2. The third-order valence-corrected chi connectivity index (χ3v) is 10.8. The monoisotopic (exact) mass is 800 g/mol. The molecule has 6 atom stereocenters. The Balaban J connectivity index is 1.29. The molecule has 0 bridgehead atoms. The van der Waals surface area contributed by atoms with Crippen molar-refractivity contribution in [3.05, 3.63) is 137 Å². The number of carbonyl (C=O) groups excluding carboxylic acids is 4. The van der Waals surface area contributed by atoms with Crippen LogP contribution in [0.3, 0.4) is 0 Å². The summed E-state index contributed by atoms with van der Waals surface area (Å²) < 4.78 is 1.52. The van der Waals surface area contributed by atoms with Gasteiger partial charge in [0.05, 0.1) is 45.1 Å². The number of amides is 4. The van der Waals surface area contributed by atoms with Crippen LogP contribution in [0.25, 0.3) is 0 Å². The fourth-order valence-electron chi connectivity index (χ4n) is 7.77. The molecule has 16 heteroatoms. The number of rotatable bonds is 6. The average molecular weight is 802 g/mol. The van der Waals surface area contributed by atoms with Crippen molar-refractivity contribution in [3.8, 4) is 0 Å². The second-order valence-corrected chi connectivity index (χ2v) is 14.1. The summed E-state index contributed by atoms with van der Waals surface area (Å²) in [4.78, 5) is 81.6. The van der Waals surface area contributed by atoms with Crippen molar-refractivity contribution >= 4 is 78.2 Å². The zero-order valence-electron chi connectivity index (χ0n) is 25.4. The SMILES string of the molecule is O=C1C2C(C(=O)N1c1ccc([N+](=O)[O-])cc1)N1C(c3ccc(Br)cc3)C3C(=O)N(c4ccc([N+](=O)[O-])cc4)C(=O)C3N1C2c1ccc(Br)cc1. The second kappa shape index (κ2) is 11.7. The van der Waals surface area contributed by atoms with Crippen molar-refractivity contribution in [1.29, 1.82) is 0 Å². The molecule has 0 saturated carbocycles. The summed E-state index contributed by atoms with van der Waals surface area (Å²) in [5.41, 5.74) is 1.17. The van der Waals surface area contributed by atoms with Crippen molar-refractivity contribution in [3.63, 3.8) is 0 Å². The lowest BCUT2D eigenvalue weighted by Crippen LogP contribution is -2.50. The number of fused-ring (bicyclic) bond motifs is 5. The van der Waals surface area contributed by atoms with E-state index in [-0.39, 0.29) is 22.7 Å². The highest BCUT2D eigenvalue weighted by Gasteiger charge is 2.73. The minimum absolute atomic E-state index is 0.164. The predicted molar refractivity (Wildman–Crippen MR) is 183 cm³/mol. The first-order chi connectivity index (χ1) is 24.0. The fraction of sp³-hybridized carbons (Fsp3) is 0.176. The summed E-state index contributed by atoms with van der Waals surface area (Å²) in [6.07, 6.45) is 0. The Morgan fingerprint density at radius 3 is 1.08 bits per heavy atom. The molecule has 4 fully saturated rings. The number of hydrogen-bond acceptors (Lipinski definition) is 10. The number of hydrogen-bond donors (Lipinski definition) is 0. The van der Waals surface area contributed by atoms with E-state index in [1.165, 1.54) is 48.5 Å². The molecule has 4 saturated heterocycles. The number of nitrogens with zero attached hydrogens (tertiary/aromatic N) is 6. The summed E-state index contributed by atoms with van der Waals surface area (Å²) in [6.45, 7) is 0. The summed E-state index contributed by atoms with van der Waals surface area (Å²) in [5.74, 6) is -4.32. The molecule has 4 aromatic rings. The maximum Gasteiger partial charge on any atom is 0.269 e. The normalized spacial score (nSPS) is 26.0. The van der Waals surface area contributed by atoms with Crippen LogP contribution >= 0.6 is 31.9 Å². The Kier molecular flexibility index (Phi) is 7.52. The first-order valence-corrected chi connectivity index (χ1v) is 16.9. The van der Waals surface area contributed by atoms with Crippen LogP contribution in [0.4, 0.5) is 22.7 Å². The molecule has 0 N–H and O–H groups in total. The fourth-order valence-corrected chi connectivity index (χ4v) is 8.30. The van der Waals surface area contributed by atoms with Crippen LogP contribution in [0.15, 0.2) is 106 Å². The van der Waals surface area contributed by atoms with E-state index < -0.39 is 69.5 Å². The van der Waals surface area contributed by atoms with E-state index in [9.17, 15) is 39.4 Å². The lowest BCUT2D eigenvalue weighted by atomic mass is 9.84. The van der Waals surface area contributed by atoms with E-state index in [2.05, 4.69) is 31.9 Å². The van der Waals surface area contributed by atoms with E-state index in [1.54, 1.807) is 58.5 Å². The lowest BCUT2D eigenvalue weighted by Gasteiger charge is -2.35. The first-order valence-electron chi connectivity index (χ1n) is 15.3. The number of halogens is 2. The summed E-state index contributed by atoms with van der Waals surface area (Å²) in [5, 5.41) is 26.1. The van der Waals surface area contributed by atoms with Gasteiger partial charge in [0.1, 0.15) is 12.1 Å². The van der Waals surface area contributed by atoms with E-state index in [0.29, 0.717) is 11.1 Å². The van der Waals surface area contributed by atoms with Gasteiger partial charge in [0.2, 0.25) is 11.8 Å². The number of nitro benzene ring substituents is 2. The lowest BCUT2D eigenvalue weighted by molar-refractivity contribution is -0.385. The first kappa shape index (κ1) is 32.1. The number of carbonyl (C=O) groups is 4. The minimum Gasteiger partial charge on any atom is -0.274 e. The van der Waals surface area contributed by atoms with Gasteiger partial charge in [-0.2, -0.15) is 0 Å². The third kappa shape index (κ3) is 4.66. The summed E-state index contributed by atoms with van der Waals surface area (Å²) in [6, 6.07) is 20.6. The molecule has 0 radical (unpaired) electrons. The van der Waals surface area contributed by atoms with Crippen molar-refractivity contribution in [1.82, 2.24) is 10.0 Å². The molecule has 0 aliphatic carbocycles. The zero-order chi connectivity index (χ0) is 35.2. The highest BCUT2D eigenvalue weighted by atomic mass is 79.9. The predicted octanol–water partition coefficient (Wildman–Crippen LogP) is 5.47. The summed E-state index contributed by atoms with van der Waals surface area (Å²) >= 11 is 6.90. The number of imide groups is 2. The average Bonchev–Trinajstić information content (AvgIpc) is 3.77. The molecule has 4 heterocycles. The Bertz CT molecular complexity index is 1980. The Morgan fingerprint density at radius 1 is 0.460 bits per heavy atom. The van der Waals surface area contributed by atoms with Crippen LogP contribution in [0.2, 0.25) is 0 Å². The molecular weight excluding hydrogens is 780 g/mol. The molecule has 4 aromatic carbocycles. The van der Waals surface area contributed by atoms with Gasteiger partial charge in [-0.25, -0.2) is 19.8 Å². The molecule has 6 unspecified atom stereocenters. The van der Waals surface area contributed by atoms with Gasteiger partial charge in [-0.15, -0.1) is 0 Å². The van der Waals surface area contributed by atoms with Gasteiger partial charge in [0, 0.05) is 33.2 Å². The van der Waals surface area contributed by atoms with Gasteiger partial charge in [0.15, 0.2) is 0 Å². The largest absolute Gasteiger partial charge is 0.274 e. The highest BCUT2D eigenvalue weighted by molar-refractivity contribution is 9.10. The number of nitro groups is 2. The molecule has 50 heavy (non-hydrogen) atoms. The van der Waals surface area contributed by atoms with Crippen LogP contribution in [0.5, 0.6) is 0 Å². The topological polar surface area (TPSA) is 168 Å². The van der Waals surface area contributed by atoms with Gasteiger partial charge in [-0.05, 0) is 59.7 Å². The van der Waals surface area contributed by atoms with Gasteiger partial charge in [0.25, 0.3) is 23.2 Å². The highest BCUT2D eigenvalue weighted by Crippen LogP contribution is 2.60. The van der Waals surface area contributed by atoms with Crippen LogP contribution in [0, 0.1) is 32.1 Å². The molecule has 0 aromatic heterocycles. The number of benzene rings is 4. The van der Waals surface area contributed by atoms with Crippen molar-refractivity contribution in [2.24, 2.45) is 11.8 Å². The van der Waals surface area contributed by atoms with Gasteiger partial charge in [-0.1, -0.05) is 56.1 Å². The molecule has 0 spiro atoms. The minimum atomic E-state index is -1.13. The smallest absolute Gasteiger partial charge is 0.269 e. The Labute approximate surface area is 299 Å². The van der Waals surface area contributed by atoms with E-state index in [4.69, 9.17) is 0 Å². The summed E-state index contributed by atoms with van der Waals surface area (Å²) in [7, 11) is 0. The van der Waals surface area contributed by atoms with E-state index in [0.717, 1.165) is 18.7 Å². The van der Waals surface area contributed by atoms with Gasteiger partial charge < -0.3 is 0 Å². The van der Waals surface area contributed by atoms with E-state index >= 15 is 0 Å². The Morgan fingerprint density at radius 2 is 0.780 bits per heavy atom. The molecule has 8 rings (SSSR count). The molecular formula is C34H22Br2N6O8. The number of non-ortho nitro benzene ring substituents is 2. The molecule has 250 valence electrons. The molecule has 4 aliphatic heterocycles. The van der Waals surface area contributed by atoms with Crippen LogP contribution in [-0.2, 0) is 19.2 Å². The van der Waals surface area contributed by atoms with Crippen LogP contribution < -0.4 is 9.80 Å². The van der Waals surface area contributed by atoms with Crippen LogP contribution in [-0.4, -0.2) is 55.6 Å². The molecule has 14 nitrogen and oxygen atoms in total. The third-order valence-electron chi connectivity index (χ3n) is 9.79. The zero-order valence-corrected chi connectivity index (χ0v) is 28.6. The van der Waals surface area contributed by atoms with Gasteiger partial charge >= 0.3 is 0 Å². The van der Waals surface area contributed by atoms with E-state index in [1.807, 2.05) is 0 Å².